The fraction of sp³-hybridized carbons (Fsp3) is 0.179. The van der Waals surface area contributed by atoms with Gasteiger partial charge in [0.2, 0.25) is 0 Å². The van der Waals surface area contributed by atoms with Gasteiger partial charge in [0.05, 0.1) is 0 Å². The molecule has 4 heteroatoms. The highest BCUT2D eigenvalue weighted by atomic mass is 16.3. The van der Waals surface area contributed by atoms with E-state index in [2.05, 4.69) is 54.6 Å². The van der Waals surface area contributed by atoms with Crippen LogP contribution >= 0.6 is 0 Å². The van der Waals surface area contributed by atoms with Gasteiger partial charge in [0.25, 0.3) is 0 Å². The first kappa shape index (κ1) is 28.2. The molecular formula is C39H38N2O2. The van der Waals surface area contributed by atoms with Crippen molar-refractivity contribution in [3.63, 3.8) is 0 Å². The molecule has 0 aromatic heterocycles. The average Bonchev–Trinajstić information content (AvgIpc) is 2.98. The Labute approximate surface area is 253 Å². The van der Waals surface area contributed by atoms with E-state index in [0.29, 0.717) is 19.3 Å². The molecule has 0 saturated heterocycles. The lowest BCUT2D eigenvalue weighted by Gasteiger charge is -2.18. The number of nitrogens with two attached hydrogens (primary N) is 2. The number of benzene rings is 6. The predicted molar refractivity (Wildman–Crippen MR) is 180 cm³/mol. The molecule has 43 heavy (non-hydrogen) atoms. The maximum absolute atomic E-state index is 11.8. The molecule has 0 spiro atoms. The highest BCUT2D eigenvalue weighted by Gasteiger charge is 2.19. The maximum Gasteiger partial charge on any atom is 0.123 e. The van der Waals surface area contributed by atoms with E-state index in [1.165, 1.54) is 0 Å². The smallest absolute Gasteiger partial charge is 0.123 e. The molecule has 0 aliphatic heterocycles. The Morgan fingerprint density at radius 2 is 0.860 bits per heavy atom. The summed E-state index contributed by atoms with van der Waals surface area (Å²) in [6, 6.07) is 28.9. The van der Waals surface area contributed by atoms with Crippen molar-refractivity contribution in [1.29, 1.82) is 0 Å². The van der Waals surface area contributed by atoms with Crippen molar-refractivity contribution in [3.8, 4) is 11.5 Å². The molecule has 0 bridgehead atoms. The van der Waals surface area contributed by atoms with Gasteiger partial charge in [-0.25, -0.2) is 0 Å². The molecular weight excluding hydrogens is 528 g/mol. The van der Waals surface area contributed by atoms with Crippen LogP contribution in [0, 0.1) is 27.7 Å². The summed E-state index contributed by atoms with van der Waals surface area (Å²) in [5.41, 5.74) is 23.7. The van der Waals surface area contributed by atoms with Crippen molar-refractivity contribution in [1.82, 2.24) is 0 Å². The summed E-state index contributed by atoms with van der Waals surface area (Å²) < 4.78 is 0. The standard InChI is InChI=1S/C39H38N2O2/c1-22-13-26(14-23(2)36(22)40)17-30-19-28-9-6-8-12-33(28)35(38(30)42)21-31-20-29-10-5-7-11-32(29)34(39(31)43)18-27-15-24(3)37(41)25(4)16-27/h5-16,19-20,42-43H,17-18,21,40-41H2,1-4H3. The van der Waals surface area contributed by atoms with Gasteiger partial charge in [0.15, 0.2) is 0 Å². The van der Waals surface area contributed by atoms with E-state index in [4.69, 9.17) is 11.5 Å². The second-order valence-electron chi connectivity index (χ2n) is 12.0. The number of nitrogen functional groups attached to an aromatic ring is 2. The molecule has 0 unspecified atom stereocenters. The Balaban J connectivity index is 1.48. The molecule has 0 aliphatic rings. The zero-order valence-corrected chi connectivity index (χ0v) is 25.3. The summed E-state index contributed by atoms with van der Waals surface area (Å²) >= 11 is 0. The first-order valence-electron chi connectivity index (χ1n) is 14.8. The van der Waals surface area contributed by atoms with Crippen LogP contribution in [0.25, 0.3) is 21.5 Å². The van der Waals surface area contributed by atoms with Crippen LogP contribution < -0.4 is 11.5 Å². The lowest BCUT2D eigenvalue weighted by Crippen LogP contribution is -2.01. The quantitative estimate of drug-likeness (QED) is 0.152. The summed E-state index contributed by atoms with van der Waals surface area (Å²) in [6.07, 6.45) is 1.55. The fourth-order valence-corrected chi connectivity index (χ4v) is 6.52. The average molecular weight is 567 g/mol. The van der Waals surface area contributed by atoms with E-state index in [-0.39, 0.29) is 11.5 Å². The number of fused-ring (bicyclic) bond motifs is 2. The monoisotopic (exact) mass is 566 g/mol. The van der Waals surface area contributed by atoms with E-state index >= 15 is 0 Å². The molecule has 6 rings (SSSR count). The van der Waals surface area contributed by atoms with Crippen molar-refractivity contribution >= 4 is 32.9 Å². The Kier molecular flexibility index (Phi) is 7.23. The van der Waals surface area contributed by atoms with Gasteiger partial charge in [-0.3, -0.25) is 0 Å². The molecule has 0 fully saturated rings. The van der Waals surface area contributed by atoms with Gasteiger partial charge >= 0.3 is 0 Å². The van der Waals surface area contributed by atoms with Crippen LogP contribution in [0.4, 0.5) is 11.4 Å². The van der Waals surface area contributed by atoms with Crippen LogP contribution in [0.1, 0.15) is 55.6 Å². The third kappa shape index (κ3) is 5.25. The highest BCUT2D eigenvalue weighted by molar-refractivity contribution is 5.92. The molecule has 6 N–H and O–H groups in total. The zero-order valence-electron chi connectivity index (χ0n) is 25.3. The van der Waals surface area contributed by atoms with Gasteiger partial charge in [0.1, 0.15) is 11.5 Å². The maximum atomic E-state index is 11.8. The Hall–Kier alpha value is -4.96. The van der Waals surface area contributed by atoms with E-state index in [9.17, 15) is 10.2 Å². The zero-order chi connectivity index (χ0) is 30.4. The molecule has 6 aromatic carbocycles. The molecule has 0 amide bonds. The third-order valence-corrected chi connectivity index (χ3v) is 8.86. The lowest BCUT2D eigenvalue weighted by atomic mass is 9.88. The van der Waals surface area contributed by atoms with E-state index < -0.39 is 0 Å². The summed E-state index contributed by atoms with van der Waals surface area (Å²) in [4.78, 5) is 0. The van der Waals surface area contributed by atoms with Crippen LogP contribution in [-0.2, 0) is 19.3 Å². The Morgan fingerprint density at radius 3 is 1.33 bits per heavy atom. The summed E-state index contributed by atoms with van der Waals surface area (Å²) in [5, 5.41) is 27.7. The second kappa shape index (κ2) is 11.0. The first-order valence-corrected chi connectivity index (χ1v) is 14.8. The van der Waals surface area contributed by atoms with Crippen molar-refractivity contribution in [2.45, 2.75) is 47.0 Å². The Bertz CT molecular complexity index is 1990. The van der Waals surface area contributed by atoms with E-state index in [1.54, 1.807) is 0 Å². The minimum atomic E-state index is 0.268. The van der Waals surface area contributed by atoms with Gasteiger partial charge in [-0.15, -0.1) is 0 Å². The predicted octanol–water partition coefficient (Wildman–Crippen LogP) is 8.57. The molecule has 0 radical (unpaired) electrons. The number of hydrogen-bond acceptors (Lipinski definition) is 4. The number of hydrogen-bond donors (Lipinski definition) is 4. The van der Waals surface area contributed by atoms with Crippen molar-refractivity contribution in [3.05, 3.63) is 141 Å². The van der Waals surface area contributed by atoms with Gasteiger partial charge < -0.3 is 21.7 Å². The SMILES string of the molecule is Cc1cc(Cc2cc3ccccc3c(Cc3cc4ccccc4c(Cc4cc(C)c(N)c(C)c4)c3O)c2O)cc(C)c1N. The van der Waals surface area contributed by atoms with Crippen molar-refractivity contribution < 1.29 is 10.2 Å². The van der Waals surface area contributed by atoms with Gasteiger partial charge in [-0.05, 0) is 106 Å². The van der Waals surface area contributed by atoms with Crippen LogP contribution in [-0.4, -0.2) is 10.2 Å². The van der Waals surface area contributed by atoms with Gasteiger partial charge in [0, 0.05) is 41.8 Å². The van der Waals surface area contributed by atoms with Crippen molar-refractivity contribution in [2.24, 2.45) is 0 Å². The van der Waals surface area contributed by atoms with Crippen LogP contribution in [0.5, 0.6) is 11.5 Å². The fourth-order valence-electron chi connectivity index (χ4n) is 6.52. The summed E-state index contributed by atoms with van der Waals surface area (Å²) in [6.45, 7) is 8.08. The van der Waals surface area contributed by atoms with Gasteiger partial charge in [-0.1, -0.05) is 72.8 Å². The minimum absolute atomic E-state index is 0.268. The normalized spacial score (nSPS) is 11.4. The third-order valence-electron chi connectivity index (χ3n) is 8.86. The van der Waals surface area contributed by atoms with Crippen LogP contribution in [0.2, 0.25) is 0 Å². The van der Waals surface area contributed by atoms with E-state index in [0.717, 1.165) is 88.6 Å². The number of phenols is 2. The summed E-state index contributed by atoms with van der Waals surface area (Å²) in [5.74, 6) is 0.536. The topological polar surface area (TPSA) is 92.5 Å². The number of phenolic OH excluding ortho intramolecular Hbond substituents is 2. The van der Waals surface area contributed by atoms with E-state index in [1.807, 2.05) is 58.0 Å². The lowest BCUT2D eigenvalue weighted by molar-refractivity contribution is 0.458. The molecule has 6 aromatic rings. The molecule has 4 nitrogen and oxygen atoms in total. The highest BCUT2D eigenvalue weighted by Crippen LogP contribution is 2.40. The largest absolute Gasteiger partial charge is 0.507 e. The second-order valence-corrected chi connectivity index (χ2v) is 12.0. The number of anilines is 2. The molecule has 216 valence electrons. The van der Waals surface area contributed by atoms with Crippen LogP contribution in [0.15, 0.2) is 84.9 Å². The molecule has 0 atom stereocenters. The molecule has 0 saturated carbocycles. The summed E-state index contributed by atoms with van der Waals surface area (Å²) in [7, 11) is 0. The number of rotatable bonds is 6. The first-order chi connectivity index (χ1) is 20.6. The number of aromatic hydroxyl groups is 2. The molecule has 0 aliphatic carbocycles. The number of aryl methyl sites for hydroxylation is 4. The van der Waals surface area contributed by atoms with Gasteiger partial charge in [-0.2, -0.15) is 0 Å². The van der Waals surface area contributed by atoms with Crippen LogP contribution in [0.3, 0.4) is 0 Å². The minimum Gasteiger partial charge on any atom is -0.507 e. The molecule has 0 heterocycles. The van der Waals surface area contributed by atoms with Crippen molar-refractivity contribution in [2.75, 3.05) is 11.5 Å². The Morgan fingerprint density at radius 1 is 0.488 bits per heavy atom.